The quantitative estimate of drug-likeness (QED) is 0.0286. The van der Waals surface area contributed by atoms with E-state index in [2.05, 4.69) is 69.4 Å². The van der Waals surface area contributed by atoms with Gasteiger partial charge >= 0.3 is 5.51 Å². The Morgan fingerprint density at radius 2 is 1.43 bits per heavy atom. The molecule has 5 aromatic carbocycles. The van der Waals surface area contributed by atoms with Crippen LogP contribution >= 0.6 is 34.7 Å². The molecule has 116 heavy (non-hydrogen) atoms. The molecule has 5 N–H and O–H groups in total. The normalized spacial score (nSPS) is 22.6. The lowest BCUT2D eigenvalue weighted by molar-refractivity contribution is -0.144. The second kappa shape index (κ2) is 37.0. The summed E-state index contributed by atoms with van der Waals surface area (Å²) >= 11 is 9.43. The molecule has 0 spiro atoms. The Morgan fingerprint density at radius 1 is 0.767 bits per heavy atom. The van der Waals surface area contributed by atoms with Crippen molar-refractivity contribution in [3.8, 4) is 10.4 Å². The Bertz CT molecular complexity index is 4720. The number of alkyl halides is 3. The van der Waals surface area contributed by atoms with Crippen LogP contribution in [0.3, 0.4) is 0 Å². The van der Waals surface area contributed by atoms with Crippen molar-refractivity contribution in [3.05, 3.63) is 160 Å². The van der Waals surface area contributed by atoms with E-state index < -0.39 is 82.3 Å². The van der Waals surface area contributed by atoms with Crippen molar-refractivity contribution in [1.82, 2.24) is 54.6 Å². The van der Waals surface area contributed by atoms with Crippen molar-refractivity contribution in [2.75, 3.05) is 147 Å². The van der Waals surface area contributed by atoms with E-state index in [1.165, 1.54) is 39.9 Å². The highest BCUT2D eigenvalue weighted by atomic mass is 35.5. The summed E-state index contributed by atoms with van der Waals surface area (Å²) in [6.45, 7) is 23.6. The molecule has 2 bridgehead atoms. The summed E-state index contributed by atoms with van der Waals surface area (Å²) in [4.78, 5) is 92.0. The summed E-state index contributed by atoms with van der Waals surface area (Å²) in [5, 5.41) is 20.7. The molecular formula is C84H107ClF3N13O11S4. The van der Waals surface area contributed by atoms with Crippen molar-refractivity contribution in [2.45, 2.75) is 149 Å². The number of nitrogens with zero attached hydrogens (tertiary/aromatic N) is 9. The minimum absolute atomic E-state index is 0.0287. The number of ether oxygens (including phenoxy) is 1. The number of nitrogens with one attached hydrogen (secondary N) is 4. The molecule has 13 rings (SSSR count). The van der Waals surface area contributed by atoms with Gasteiger partial charge in [-0.1, -0.05) is 99.5 Å². The molecule has 7 aliphatic rings. The summed E-state index contributed by atoms with van der Waals surface area (Å²) in [7, 11) is -11.0. The number of piperazine rings is 3. The summed E-state index contributed by atoms with van der Waals surface area (Å²) in [6, 6.07) is 31.5. The molecule has 24 nitrogen and oxygen atoms in total. The van der Waals surface area contributed by atoms with Gasteiger partial charge in [-0.05, 0) is 152 Å². The largest absolute Gasteiger partial charge is 0.501 e. The predicted octanol–water partition coefficient (Wildman–Crippen LogP) is 9.91. The van der Waals surface area contributed by atoms with E-state index in [1.54, 1.807) is 23.5 Å². The number of benzene rings is 5. The average Bonchev–Trinajstić information content (AvgIpc) is 1.05. The van der Waals surface area contributed by atoms with Gasteiger partial charge in [-0.15, -0.1) is 23.1 Å². The highest BCUT2D eigenvalue weighted by Crippen LogP contribution is 2.45. The number of hydrogen-bond acceptors (Lipinski definition) is 21. The van der Waals surface area contributed by atoms with E-state index in [4.69, 9.17) is 16.3 Å². The highest BCUT2D eigenvalue weighted by Gasteiger charge is 2.50. The Kier molecular flexibility index (Phi) is 27.5. The molecule has 6 aliphatic heterocycles. The highest BCUT2D eigenvalue weighted by molar-refractivity contribution is 7.99. The number of fused-ring (bicyclic) bond motifs is 2. The number of carbonyl (C=O) groups excluding carboxylic acids is 5. The number of aromatic nitrogens is 1. The maximum absolute atomic E-state index is 14.6. The number of hydrogen-bond donors (Lipinski definition) is 5. The van der Waals surface area contributed by atoms with Gasteiger partial charge in [0.2, 0.25) is 23.6 Å². The zero-order valence-electron chi connectivity index (χ0n) is 66.7. The van der Waals surface area contributed by atoms with Crippen molar-refractivity contribution >= 4 is 101 Å². The standard InChI is InChI=1S/C84H107ClF3N13O11S4/c1-56(58-12-14-60(15-13-58)77-57(2)89-55-114-77)90-80(106)73-44-68(102)50-101(73)81(107)78(82(3,4)5)92-75(103)51-100-66-24-25-67(100)49-97(48-66)52-76(104)99-38-34-96(35-39-99)54-83(6)30-28-71(59-16-20-63(85)21-17-59)62(46-83)47-95-32-36-98(37-33-95)65-22-18-61(19-23-65)79(105)93-116(110,111)70-26-27-72(74(45-70)115(108,109)84(86,87)88)91-64(29-31-94-40-42-112-43-41-94)53-113-69-10-8-7-9-11-69/h7-23,26-27,45,55-56,64,66-68,73,78,91,102H,24-25,28-44,46-54H2,1-6H3,(H,90,106)(H,92,103)(H,93,105)/t56-,64+,66-,67+,68+,73-,78+,83?/m0/s1. The third-order valence-electron chi connectivity index (χ3n) is 23.8. The predicted molar refractivity (Wildman–Crippen MR) is 446 cm³/mol. The summed E-state index contributed by atoms with van der Waals surface area (Å²) in [6.07, 6.45) is 4.11. The smallest absolute Gasteiger partial charge is 0.391 e. The fraction of sp³-hybridized carbons (Fsp3) is 0.524. The van der Waals surface area contributed by atoms with Crippen LogP contribution in [-0.2, 0) is 43.8 Å². The van der Waals surface area contributed by atoms with Gasteiger partial charge in [-0.3, -0.25) is 48.5 Å². The molecular weight excluding hydrogens is 1590 g/mol. The molecule has 6 fully saturated rings. The maximum atomic E-state index is 14.6. The third kappa shape index (κ3) is 21.2. The first-order valence-corrected chi connectivity index (χ1v) is 45.3. The number of anilines is 2. The molecule has 8 atom stereocenters. The van der Waals surface area contributed by atoms with Gasteiger partial charge in [-0.25, -0.2) is 26.5 Å². The van der Waals surface area contributed by atoms with Gasteiger partial charge in [0.1, 0.15) is 17.0 Å². The van der Waals surface area contributed by atoms with Crippen molar-refractivity contribution in [3.63, 3.8) is 0 Å². The lowest BCUT2D eigenvalue weighted by Gasteiger charge is -2.45. The first kappa shape index (κ1) is 86.3. The summed E-state index contributed by atoms with van der Waals surface area (Å²) in [5.74, 6) is -1.70. The van der Waals surface area contributed by atoms with Crippen LogP contribution in [0.5, 0.6) is 0 Å². The summed E-state index contributed by atoms with van der Waals surface area (Å²) < 4.78 is 105. The van der Waals surface area contributed by atoms with E-state index >= 15 is 0 Å². The number of thioether (sulfide) groups is 1. The second-order valence-electron chi connectivity index (χ2n) is 33.4. The minimum Gasteiger partial charge on any atom is -0.391 e. The number of aliphatic hydroxyl groups is 1. The number of thiazole rings is 1. The van der Waals surface area contributed by atoms with Crippen LogP contribution < -0.4 is 25.6 Å². The van der Waals surface area contributed by atoms with Gasteiger partial charge < -0.3 is 40.5 Å². The van der Waals surface area contributed by atoms with Crippen molar-refractivity contribution < 1.29 is 63.8 Å². The first-order valence-electron chi connectivity index (χ1n) is 40.1. The molecule has 6 aromatic rings. The number of β-amino-alcohol motifs (C(OH)–C–C–N with tert-alkyl or cyclic N) is 1. The van der Waals surface area contributed by atoms with Gasteiger partial charge in [-0.2, -0.15) is 13.2 Å². The number of morpholine rings is 1. The number of aliphatic hydroxyl groups excluding tert-OH is 1. The molecule has 1 unspecified atom stereocenters. The second-order valence-corrected chi connectivity index (χ2v) is 39.4. The monoisotopic (exact) mass is 1690 g/mol. The SMILES string of the molecule is Cc1ncsc1-c1ccc([C@H](C)NC(=O)[C@@H]2C[C@@H](O)CN2C(=O)[C@@H](NC(=O)CN2[C@@H]3CC[C@H]2CN(CC(=O)N2CCN(CC4(C)CCC(c5ccc(Cl)cc5)=C(CN5CCN(c6ccc(C(=O)NS(=O)(=O)c7ccc(N[C@H](CCN8CCOCC8)CSc8ccccc8)c(S(=O)(=O)C(F)(F)F)c7)cc6)CC5)C4)CC2)C3)C(C)(C)C)cc1. The first-order chi connectivity index (χ1) is 55.2. The van der Waals surface area contributed by atoms with Crippen LogP contribution in [-0.4, -0.2) is 269 Å². The van der Waals surface area contributed by atoms with Crippen LogP contribution in [0.2, 0.25) is 5.02 Å². The maximum Gasteiger partial charge on any atom is 0.501 e. The zero-order valence-corrected chi connectivity index (χ0v) is 70.7. The molecule has 0 radical (unpaired) electrons. The Hall–Kier alpha value is -7.53. The van der Waals surface area contributed by atoms with E-state index in [-0.39, 0.29) is 66.3 Å². The number of halogens is 4. The summed E-state index contributed by atoms with van der Waals surface area (Å²) in [5.41, 5.74) is 2.32. The molecule has 6 saturated heterocycles. The fourth-order valence-electron chi connectivity index (χ4n) is 17.4. The van der Waals surface area contributed by atoms with Crippen molar-refractivity contribution in [2.24, 2.45) is 10.8 Å². The minimum atomic E-state index is -6.11. The Morgan fingerprint density at radius 3 is 2.08 bits per heavy atom. The Labute approximate surface area is 692 Å². The molecule has 1 aliphatic carbocycles. The number of rotatable bonds is 28. The third-order valence-corrected chi connectivity index (χ3v) is 29.1. The number of sulfone groups is 1. The number of allylic oxidation sites excluding steroid dienone is 1. The van der Waals surface area contributed by atoms with Gasteiger partial charge in [0, 0.05) is 156 Å². The number of carbonyl (C=O) groups is 5. The van der Waals surface area contributed by atoms with Crippen LogP contribution in [0.4, 0.5) is 24.5 Å². The number of sulfonamides is 1. The van der Waals surface area contributed by atoms with E-state index in [9.17, 15) is 59.1 Å². The molecule has 7 heterocycles. The van der Waals surface area contributed by atoms with E-state index in [0.717, 1.165) is 121 Å². The van der Waals surface area contributed by atoms with Crippen LogP contribution in [0.15, 0.2) is 147 Å². The molecule has 32 heteroatoms. The van der Waals surface area contributed by atoms with Gasteiger partial charge in [0.25, 0.3) is 25.8 Å². The Balaban J connectivity index is 0.569. The number of aryl methyl sites for hydroxylation is 1. The number of amides is 5. The lowest BCUT2D eigenvalue weighted by atomic mass is 9.71. The molecule has 626 valence electrons. The van der Waals surface area contributed by atoms with Gasteiger partial charge in [0.15, 0.2) is 0 Å². The lowest BCUT2D eigenvalue weighted by Crippen LogP contribution is -2.61. The molecule has 0 saturated carbocycles. The van der Waals surface area contributed by atoms with E-state index in [1.807, 2.05) is 116 Å². The number of likely N-dealkylation sites (tertiary alicyclic amines) is 2. The van der Waals surface area contributed by atoms with Crippen LogP contribution in [0.25, 0.3) is 16.0 Å². The van der Waals surface area contributed by atoms with Crippen LogP contribution in [0.1, 0.15) is 113 Å². The van der Waals surface area contributed by atoms with Gasteiger partial charge in [0.05, 0.1) is 65.1 Å². The molecule has 1 aromatic heterocycles. The van der Waals surface area contributed by atoms with Crippen molar-refractivity contribution in [1.29, 1.82) is 0 Å². The fourth-order valence-corrected chi connectivity index (χ4v) is 21.3. The average molecular weight is 1700 g/mol. The zero-order chi connectivity index (χ0) is 82.4. The van der Waals surface area contributed by atoms with Crippen LogP contribution in [0, 0.1) is 17.8 Å². The van der Waals surface area contributed by atoms with E-state index in [0.29, 0.717) is 102 Å². The molecule has 5 amide bonds. The topological polar surface area (TPSA) is 270 Å².